The lowest BCUT2D eigenvalue weighted by atomic mass is 10.2. The van der Waals surface area contributed by atoms with Gasteiger partial charge in [0.25, 0.3) is 5.56 Å². The van der Waals surface area contributed by atoms with Gasteiger partial charge in [0, 0.05) is 6.20 Å². The van der Waals surface area contributed by atoms with Gasteiger partial charge in [-0.05, 0) is 18.2 Å². The van der Waals surface area contributed by atoms with Crippen molar-refractivity contribution >= 4 is 11.5 Å². The Morgan fingerprint density at radius 1 is 1.53 bits per heavy atom. The standard InChI is InChI=1S/C11H8FNO4/c1-17-8-3-2-4-13-9(8)7(12)5-6(10(13)14)11(15)16/h2-5H,1H3,(H,15,16). The summed E-state index contributed by atoms with van der Waals surface area (Å²) in [6.07, 6.45) is 1.29. The van der Waals surface area contributed by atoms with E-state index in [1.807, 2.05) is 0 Å². The Labute approximate surface area is 94.7 Å². The first kappa shape index (κ1) is 11.1. The van der Waals surface area contributed by atoms with Crippen molar-refractivity contribution in [2.24, 2.45) is 0 Å². The third-order valence-corrected chi connectivity index (χ3v) is 2.35. The molecule has 2 heterocycles. The van der Waals surface area contributed by atoms with Crippen LogP contribution in [-0.2, 0) is 0 Å². The first-order chi connectivity index (χ1) is 8.06. The number of nitrogens with zero attached hydrogens (tertiary/aromatic N) is 1. The van der Waals surface area contributed by atoms with Gasteiger partial charge in [-0.1, -0.05) is 0 Å². The lowest BCUT2D eigenvalue weighted by Crippen LogP contribution is -2.22. The van der Waals surface area contributed by atoms with E-state index in [0.29, 0.717) is 6.07 Å². The largest absolute Gasteiger partial charge is 0.494 e. The predicted octanol–water partition coefficient (Wildman–Crippen LogP) is 1.15. The summed E-state index contributed by atoms with van der Waals surface area (Å²) >= 11 is 0. The molecule has 0 fully saturated rings. The lowest BCUT2D eigenvalue weighted by molar-refractivity contribution is 0.0694. The van der Waals surface area contributed by atoms with Crippen LogP contribution in [0.5, 0.6) is 5.75 Å². The summed E-state index contributed by atoms with van der Waals surface area (Å²) in [5.74, 6) is -2.12. The third kappa shape index (κ3) is 1.63. The molecule has 2 rings (SSSR count). The summed E-state index contributed by atoms with van der Waals surface area (Å²) in [6, 6.07) is 3.65. The monoisotopic (exact) mass is 237 g/mol. The highest BCUT2D eigenvalue weighted by Crippen LogP contribution is 2.21. The van der Waals surface area contributed by atoms with Crippen LogP contribution < -0.4 is 10.3 Å². The Balaban J connectivity index is 2.97. The maximum atomic E-state index is 13.7. The number of rotatable bonds is 2. The van der Waals surface area contributed by atoms with Crippen molar-refractivity contribution in [1.82, 2.24) is 4.40 Å². The Bertz CT molecular complexity index is 662. The van der Waals surface area contributed by atoms with E-state index in [9.17, 15) is 14.0 Å². The highest BCUT2D eigenvalue weighted by Gasteiger charge is 2.16. The van der Waals surface area contributed by atoms with Crippen molar-refractivity contribution in [3.63, 3.8) is 0 Å². The molecule has 0 saturated carbocycles. The van der Waals surface area contributed by atoms with Gasteiger partial charge in [0.05, 0.1) is 7.11 Å². The molecular weight excluding hydrogens is 229 g/mol. The molecule has 0 aromatic carbocycles. The highest BCUT2D eigenvalue weighted by atomic mass is 19.1. The summed E-state index contributed by atoms with van der Waals surface area (Å²) in [7, 11) is 1.34. The van der Waals surface area contributed by atoms with Crippen molar-refractivity contribution in [3.05, 3.63) is 46.1 Å². The smallest absolute Gasteiger partial charge is 0.341 e. The van der Waals surface area contributed by atoms with Gasteiger partial charge in [-0.25, -0.2) is 9.18 Å². The SMILES string of the molecule is COc1cccn2c(=O)c(C(=O)O)cc(F)c12. The second kappa shape index (κ2) is 3.89. The number of hydrogen-bond acceptors (Lipinski definition) is 3. The number of ether oxygens (including phenoxy) is 1. The molecule has 6 heteroatoms. The molecule has 0 aliphatic rings. The van der Waals surface area contributed by atoms with Crippen molar-refractivity contribution < 1.29 is 19.0 Å². The number of aromatic nitrogens is 1. The molecule has 88 valence electrons. The van der Waals surface area contributed by atoms with Crippen molar-refractivity contribution in [2.75, 3.05) is 7.11 Å². The number of carboxylic acids is 1. The van der Waals surface area contributed by atoms with Gasteiger partial charge in [0.1, 0.15) is 16.8 Å². The molecule has 0 unspecified atom stereocenters. The molecule has 1 N–H and O–H groups in total. The van der Waals surface area contributed by atoms with Gasteiger partial charge in [0.15, 0.2) is 5.82 Å². The maximum absolute atomic E-state index is 13.7. The van der Waals surface area contributed by atoms with Crippen LogP contribution in [0.15, 0.2) is 29.2 Å². The number of halogens is 1. The van der Waals surface area contributed by atoms with E-state index in [1.165, 1.54) is 25.4 Å². The van der Waals surface area contributed by atoms with Crippen LogP contribution in [0.25, 0.3) is 5.52 Å². The second-order valence-corrected chi connectivity index (χ2v) is 3.31. The molecule has 0 aliphatic heterocycles. The summed E-state index contributed by atoms with van der Waals surface area (Å²) in [6.45, 7) is 0. The number of fused-ring (bicyclic) bond motifs is 1. The molecule has 5 nitrogen and oxygen atoms in total. The summed E-state index contributed by atoms with van der Waals surface area (Å²) < 4.78 is 19.6. The van der Waals surface area contributed by atoms with E-state index in [2.05, 4.69) is 0 Å². The highest BCUT2D eigenvalue weighted by molar-refractivity contribution is 5.88. The van der Waals surface area contributed by atoms with E-state index in [0.717, 1.165) is 4.40 Å². The third-order valence-electron chi connectivity index (χ3n) is 2.35. The van der Waals surface area contributed by atoms with E-state index < -0.39 is 22.9 Å². The molecular formula is C11H8FNO4. The van der Waals surface area contributed by atoms with Crippen LogP contribution >= 0.6 is 0 Å². The number of methoxy groups -OCH3 is 1. The van der Waals surface area contributed by atoms with Crippen LogP contribution in [0, 0.1) is 5.82 Å². The fraction of sp³-hybridized carbons (Fsp3) is 0.0909. The topological polar surface area (TPSA) is 68.0 Å². The molecule has 17 heavy (non-hydrogen) atoms. The number of carboxylic acid groups (broad SMARTS) is 1. The number of aromatic carboxylic acids is 1. The van der Waals surface area contributed by atoms with Gasteiger partial charge in [-0.2, -0.15) is 0 Å². The molecule has 2 aromatic heterocycles. The lowest BCUT2D eigenvalue weighted by Gasteiger charge is -2.08. The fourth-order valence-corrected chi connectivity index (χ4v) is 1.60. The van der Waals surface area contributed by atoms with Gasteiger partial charge in [-0.15, -0.1) is 0 Å². The minimum absolute atomic E-state index is 0.0787. The minimum Gasteiger partial charge on any atom is -0.494 e. The Morgan fingerprint density at radius 2 is 2.24 bits per heavy atom. The first-order valence-electron chi connectivity index (χ1n) is 4.67. The Hall–Kier alpha value is -2.37. The molecule has 0 spiro atoms. The molecule has 0 atom stereocenters. The Morgan fingerprint density at radius 3 is 2.82 bits per heavy atom. The van der Waals surface area contributed by atoms with Crippen LogP contribution in [-0.4, -0.2) is 22.6 Å². The van der Waals surface area contributed by atoms with Crippen LogP contribution in [0.4, 0.5) is 4.39 Å². The fourth-order valence-electron chi connectivity index (χ4n) is 1.60. The van der Waals surface area contributed by atoms with E-state index in [-0.39, 0.29) is 11.3 Å². The number of hydrogen-bond donors (Lipinski definition) is 1. The second-order valence-electron chi connectivity index (χ2n) is 3.31. The zero-order chi connectivity index (χ0) is 12.6. The normalized spacial score (nSPS) is 10.5. The van der Waals surface area contributed by atoms with Crippen molar-refractivity contribution in [2.45, 2.75) is 0 Å². The van der Waals surface area contributed by atoms with E-state index in [1.54, 1.807) is 0 Å². The van der Waals surface area contributed by atoms with E-state index in [4.69, 9.17) is 9.84 Å². The summed E-state index contributed by atoms with van der Waals surface area (Å²) in [4.78, 5) is 22.5. The summed E-state index contributed by atoms with van der Waals surface area (Å²) in [5.41, 5.74) is -1.49. The van der Waals surface area contributed by atoms with Gasteiger partial charge >= 0.3 is 5.97 Å². The zero-order valence-corrected chi connectivity index (χ0v) is 8.81. The Kier molecular flexibility index (Phi) is 2.55. The minimum atomic E-state index is -1.47. The average Bonchev–Trinajstić information content (AvgIpc) is 2.32. The van der Waals surface area contributed by atoms with Crippen LogP contribution in [0.1, 0.15) is 10.4 Å². The van der Waals surface area contributed by atoms with Crippen LogP contribution in [0.2, 0.25) is 0 Å². The molecule has 0 radical (unpaired) electrons. The first-order valence-corrected chi connectivity index (χ1v) is 4.67. The van der Waals surface area contributed by atoms with E-state index >= 15 is 0 Å². The van der Waals surface area contributed by atoms with Crippen molar-refractivity contribution in [3.8, 4) is 5.75 Å². The van der Waals surface area contributed by atoms with Gasteiger partial charge in [0.2, 0.25) is 0 Å². The number of pyridine rings is 2. The average molecular weight is 237 g/mol. The van der Waals surface area contributed by atoms with Crippen LogP contribution in [0.3, 0.4) is 0 Å². The maximum Gasteiger partial charge on any atom is 0.341 e. The van der Waals surface area contributed by atoms with Gasteiger partial charge < -0.3 is 9.84 Å². The van der Waals surface area contributed by atoms with Gasteiger partial charge in [-0.3, -0.25) is 9.20 Å². The molecule has 0 saturated heterocycles. The molecule has 0 amide bonds. The van der Waals surface area contributed by atoms with Crippen molar-refractivity contribution in [1.29, 1.82) is 0 Å². The predicted molar refractivity (Wildman–Crippen MR) is 57.1 cm³/mol. The number of carbonyl (C=O) groups is 1. The molecule has 0 bridgehead atoms. The zero-order valence-electron chi connectivity index (χ0n) is 8.81. The molecule has 2 aromatic rings. The summed E-state index contributed by atoms with van der Waals surface area (Å²) in [5, 5.41) is 8.76. The molecule has 0 aliphatic carbocycles. The quantitative estimate of drug-likeness (QED) is 0.850.